The lowest BCUT2D eigenvalue weighted by Crippen LogP contribution is -2.29. The van der Waals surface area contributed by atoms with Crippen LogP contribution in [0.2, 0.25) is 0 Å². The molecule has 2 atom stereocenters. The zero-order valence-corrected chi connectivity index (χ0v) is 12.1. The quantitative estimate of drug-likeness (QED) is 0.572. The molecule has 0 aliphatic carbocycles. The van der Waals surface area contributed by atoms with Crippen LogP contribution in [0.15, 0.2) is 24.3 Å². The Kier molecular flexibility index (Phi) is 6.50. The maximum absolute atomic E-state index is 10.9. The number of hydrogen-bond donors (Lipinski definition) is 1. The molecule has 1 aromatic rings. The molecule has 1 aromatic carbocycles. The molecule has 0 bridgehead atoms. The number of benzene rings is 1. The molecule has 1 rings (SSSR count). The van der Waals surface area contributed by atoms with Crippen molar-refractivity contribution in [2.75, 3.05) is 0 Å². The smallest absolute Gasteiger partial charge is 0.273 e. The van der Waals surface area contributed by atoms with E-state index >= 15 is 0 Å². The van der Waals surface area contributed by atoms with Crippen LogP contribution in [-0.2, 0) is 6.54 Å². The van der Waals surface area contributed by atoms with Crippen LogP contribution in [0.25, 0.3) is 0 Å². The van der Waals surface area contributed by atoms with Gasteiger partial charge in [-0.1, -0.05) is 45.4 Å². The molecule has 4 nitrogen and oxygen atoms in total. The van der Waals surface area contributed by atoms with E-state index in [1.54, 1.807) is 12.1 Å². The lowest BCUT2D eigenvalue weighted by Gasteiger charge is -2.20. The van der Waals surface area contributed by atoms with Gasteiger partial charge < -0.3 is 5.32 Å². The SMILES string of the molecule is CCC(C)CC(CC)NCc1ccccc1[N+](=O)[O-]. The average molecular weight is 264 g/mol. The largest absolute Gasteiger partial charge is 0.310 e. The summed E-state index contributed by atoms with van der Waals surface area (Å²) in [5.41, 5.74) is 0.962. The fraction of sp³-hybridized carbons (Fsp3) is 0.600. The van der Waals surface area contributed by atoms with Crippen LogP contribution in [-0.4, -0.2) is 11.0 Å². The molecule has 0 spiro atoms. The molecule has 106 valence electrons. The van der Waals surface area contributed by atoms with Crippen molar-refractivity contribution < 1.29 is 4.92 Å². The molecule has 0 saturated heterocycles. The molecule has 0 aliphatic heterocycles. The Bertz CT molecular complexity index is 407. The highest BCUT2D eigenvalue weighted by atomic mass is 16.6. The standard InChI is InChI=1S/C15H24N2O2/c1-4-12(3)10-14(5-2)16-11-13-8-6-7-9-15(13)17(18)19/h6-9,12,14,16H,4-5,10-11H2,1-3H3. The third-order valence-corrected chi connectivity index (χ3v) is 3.65. The van der Waals surface area contributed by atoms with Gasteiger partial charge in [0.25, 0.3) is 5.69 Å². The molecule has 0 aromatic heterocycles. The van der Waals surface area contributed by atoms with Crippen LogP contribution in [0.3, 0.4) is 0 Å². The summed E-state index contributed by atoms with van der Waals surface area (Å²) in [7, 11) is 0. The predicted octanol–water partition coefficient (Wildman–Crippen LogP) is 3.90. The summed E-state index contributed by atoms with van der Waals surface area (Å²) in [6.07, 6.45) is 3.34. The van der Waals surface area contributed by atoms with Crippen LogP contribution in [0.5, 0.6) is 0 Å². The minimum Gasteiger partial charge on any atom is -0.310 e. The van der Waals surface area contributed by atoms with E-state index in [9.17, 15) is 10.1 Å². The summed E-state index contributed by atoms with van der Waals surface area (Å²) in [5, 5.41) is 14.4. The first-order valence-corrected chi connectivity index (χ1v) is 7.04. The molecule has 0 amide bonds. The lowest BCUT2D eigenvalue weighted by molar-refractivity contribution is -0.385. The second kappa shape index (κ2) is 7.89. The summed E-state index contributed by atoms with van der Waals surface area (Å²) in [4.78, 5) is 10.6. The first-order valence-electron chi connectivity index (χ1n) is 7.04. The number of nitro groups is 1. The van der Waals surface area contributed by atoms with Gasteiger partial charge in [-0.05, 0) is 18.8 Å². The van der Waals surface area contributed by atoms with E-state index in [2.05, 4.69) is 26.1 Å². The lowest BCUT2D eigenvalue weighted by atomic mass is 9.97. The molecular weight excluding hydrogens is 240 g/mol. The van der Waals surface area contributed by atoms with Crippen molar-refractivity contribution in [3.8, 4) is 0 Å². The van der Waals surface area contributed by atoms with E-state index in [1.807, 2.05) is 12.1 Å². The van der Waals surface area contributed by atoms with E-state index in [4.69, 9.17) is 0 Å². The Labute approximate surface area is 115 Å². The van der Waals surface area contributed by atoms with Crippen LogP contribution < -0.4 is 5.32 Å². The van der Waals surface area contributed by atoms with Crippen molar-refractivity contribution in [1.29, 1.82) is 0 Å². The molecule has 19 heavy (non-hydrogen) atoms. The van der Waals surface area contributed by atoms with Crippen molar-refractivity contribution in [2.45, 2.75) is 52.6 Å². The Morgan fingerprint density at radius 3 is 2.53 bits per heavy atom. The number of hydrogen-bond acceptors (Lipinski definition) is 3. The maximum Gasteiger partial charge on any atom is 0.273 e. The van der Waals surface area contributed by atoms with Gasteiger partial charge in [0.15, 0.2) is 0 Å². The van der Waals surface area contributed by atoms with Gasteiger partial charge >= 0.3 is 0 Å². The first kappa shape index (κ1) is 15.6. The highest BCUT2D eigenvalue weighted by Crippen LogP contribution is 2.18. The third-order valence-electron chi connectivity index (χ3n) is 3.65. The van der Waals surface area contributed by atoms with Gasteiger partial charge in [0.1, 0.15) is 0 Å². The van der Waals surface area contributed by atoms with Gasteiger partial charge in [0, 0.05) is 24.2 Å². The highest BCUT2D eigenvalue weighted by molar-refractivity contribution is 5.39. The Morgan fingerprint density at radius 2 is 1.95 bits per heavy atom. The van der Waals surface area contributed by atoms with Gasteiger partial charge in [-0.2, -0.15) is 0 Å². The topological polar surface area (TPSA) is 55.2 Å². The third kappa shape index (κ3) is 4.99. The van der Waals surface area contributed by atoms with Crippen LogP contribution in [0.4, 0.5) is 5.69 Å². The maximum atomic E-state index is 10.9. The fourth-order valence-corrected chi connectivity index (χ4v) is 2.14. The minimum absolute atomic E-state index is 0.202. The van der Waals surface area contributed by atoms with Gasteiger partial charge in [0.05, 0.1) is 4.92 Å². The molecule has 4 heteroatoms. The van der Waals surface area contributed by atoms with Crippen molar-refractivity contribution in [2.24, 2.45) is 5.92 Å². The van der Waals surface area contributed by atoms with Crippen molar-refractivity contribution in [3.05, 3.63) is 39.9 Å². The summed E-state index contributed by atoms with van der Waals surface area (Å²) in [6, 6.07) is 7.36. The van der Waals surface area contributed by atoms with Crippen molar-refractivity contribution in [3.63, 3.8) is 0 Å². The number of nitrogens with zero attached hydrogens (tertiary/aromatic N) is 1. The summed E-state index contributed by atoms with van der Waals surface area (Å²) in [5.74, 6) is 0.684. The van der Waals surface area contributed by atoms with Gasteiger partial charge in [-0.25, -0.2) is 0 Å². The molecule has 0 radical (unpaired) electrons. The first-order chi connectivity index (χ1) is 9.08. The van der Waals surface area contributed by atoms with Gasteiger partial charge in [-0.15, -0.1) is 0 Å². The van der Waals surface area contributed by atoms with Gasteiger partial charge in [0.2, 0.25) is 0 Å². The monoisotopic (exact) mass is 264 g/mol. The molecular formula is C15H24N2O2. The molecule has 0 fully saturated rings. The number of nitrogens with one attached hydrogen (secondary N) is 1. The van der Waals surface area contributed by atoms with Crippen molar-refractivity contribution >= 4 is 5.69 Å². The highest BCUT2D eigenvalue weighted by Gasteiger charge is 2.14. The number of para-hydroxylation sites is 1. The second-order valence-corrected chi connectivity index (χ2v) is 5.12. The Morgan fingerprint density at radius 1 is 1.26 bits per heavy atom. The molecule has 0 saturated carbocycles. The molecule has 0 heterocycles. The Hall–Kier alpha value is -1.42. The van der Waals surface area contributed by atoms with E-state index < -0.39 is 0 Å². The summed E-state index contributed by atoms with van der Waals surface area (Å²) < 4.78 is 0. The second-order valence-electron chi connectivity index (χ2n) is 5.12. The summed E-state index contributed by atoms with van der Waals surface area (Å²) >= 11 is 0. The van der Waals surface area contributed by atoms with E-state index in [0.717, 1.165) is 18.4 Å². The zero-order valence-electron chi connectivity index (χ0n) is 12.1. The van der Waals surface area contributed by atoms with Crippen LogP contribution in [0, 0.1) is 16.0 Å². The summed E-state index contributed by atoms with van der Waals surface area (Å²) in [6.45, 7) is 7.15. The number of rotatable bonds is 8. The normalized spacial score (nSPS) is 14.1. The van der Waals surface area contributed by atoms with E-state index in [0.29, 0.717) is 18.5 Å². The molecule has 0 aliphatic rings. The Balaban J connectivity index is 2.62. The predicted molar refractivity (Wildman–Crippen MR) is 78.1 cm³/mol. The van der Waals surface area contributed by atoms with Crippen molar-refractivity contribution in [1.82, 2.24) is 5.32 Å². The van der Waals surface area contributed by atoms with Crippen LogP contribution >= 0.6 is 0 Å². The van der Waals surface area contributed by atoms with E-state index in [1.165, 1.54) is 6.42 Å². The van der Waals surface area contributed by atoms with Crippen LogP contribution in [0.1, 0.15) is 45.6 Å². The fourth-order valence-electron chi connectivity index (χ4n) is 2.14. The van der Waals surface area contributed by atoms with Gasteiger partial charge in [-0.3, -0.25) is 10.1 Å². The zero-order chi connectivity index (χ0) is 14.3. The minimum atomic E-state index is -0.313. The number of nitro benzene ring substituents is 1. The van der Waals surface area contributed by atoms with E-state index in [-0.39, 0.29) is 10.6 Å². The average Bonchev–Trinajstić information content (AvgIpc) is 2.43. The molecule has 2 unspecified atom stereocenters. The molecule has 1 N–H and O–H groups in total.